The second kappa shape index (κ2) is 12.8. The van der Waals surface area contributed by atoms with Gasteiger partial charge in [-0.3, -0.25) is 9.59 Å². The largest absolute Gasteiger partial charge is 0.494 e. The Morgan fingerprint density at radius 3 is 2.35 bits per heavy atom. The third-order valence-corrected chi connectivity index (χ3v) is 5.87. The van der Waals surface area contributed by atoms with Crippen molar-refractivity contribution in [2.45, 2.75) is 84.8 Å². The highest BCUT2D eigenvalue weighted by Crippen LogP contribution is 2.29. The monoisotopic (exact) mass is 475 g/mol. The first kappa shape index (κ1) is 27.7. The van der Waals surface area contributed by atoms with Crippen LogP contribution in [0, 0.1) is 17.8 Å². The van der Waals surface area contributed by atoms with Crippen LogP contribution in [0.1, 0.15) is 72.3 Å². The second-order valence-electron chi connectivity index (χ2n) is 10.5. The quantitative estimate of drug-likeness (QED) is 0.647. The molecule has 0 spiro atoms. The van der Waals surface area contributed by atoms with Crippen LogP contribution in [0.2, 0.25) is 0 Å². The summed E-state index contributed by atoms with van der Waals surface area (Å²) in [5, 5.41) is 2.89. The lowest BCUT2D eigenvalue weighted by Gasteiger charge is -2.30. The Morgan fingerprint density at radius 2 is 1.76 bits per heavy atom. The van der Waals surface area contributed by atoms with Gasteiger partial charge in [0.15, 0.2) is 0 Å². The SMILES string of the molecule is COC(=O)[C@@H]1CCCc2ccc(cc2)OCCC[C@H](C(=O)OC(C)(C)C)[C@@H](CC(C)C)C(=O)N1. The van der Waals surface area contributed by atoms with Crippen molar-refractivity contribution in [1.29, 1.82) is 0 Å². The molecule has 0 unspecified atom stereocenters. The number of benzene rings is 1. The molecule has 2 aliphatic heterocycles. The van der Waals surface area contributed by atoms with Gasteiger partial charge in [-0.15, -0.1) is 0 Å². The first-order valence-electron chi connectivity index (χ1n) is 12.3. The van der Waals surface area contributed by atoms with Crippen LogP contribution in [-0.2, 0) is 30.3 Å². The number of hydrogen-bond donors (Lipinski definition) is 1. The zero-order valence-electron chi connectivity index (χ0n) is 21.5. The number of hydrogen-bond acceptors (Lipinski definition) is 6. The molecule has 0 saturated heterocycles. The number of methoxy groups -OCH3 is 1. The normalized spacial score (nSPS) is 22.6. The van der Waals surface area contributed by atoms with Gasteiger partial charge in [-0.05, 0) is 82.9 Å². The van der Waals surface area contributed by atoms with Crippen LogP contribution < -0.4 is 10.1 Å². The minimum atomic E-state index is -0.762. The summed E-state index contributed by atoms with van der Waals surface area (Å²) in [4.78, 5) is 39.2. The fourth-order valence-corrected chi connectivity index (χ4v) is 4.25. The highest BCUT2D eigenvalue weighted by atomic mass is 16.6. The molecular formula is C27H41NO6. The van der Waals surface area contributed by atoms with Crippen LogP contribution in [0.25, 0.3) is 0 Å². The third kappa shape index (κ3) is 8.99. The molecule has 7 heteroatoms. The fraction of sp³-hybridized carbons (Fsp3) is 0.667. The van der Waals surface area contributed by atoms with E-state index in [1.54, 1.807) is 0 Å². The van der Waals surface area contributed by atoms with E-state index in [-0.39, 0.29) is 11.8 Å². The van der Waals surface area contributed by atoms with Crippen LogP contribution in [0.4, 0.5) is 0 Å². The van der Waals surface area contributed by atoms with Gasteiger partial charge in [0.25, 0.3) is 0 Å². The topological polar surface area (TPSA) is 90.9 Å². The number of aryl methyl sites for hydroxylation is 1. The summed E-state index contributed by atoms with van der Waals surface area (Å²) >= 11 is 0. The van der Waals surface area contributed by atoms with Crippen molar-refractivity contribution in [3.05, 3.63) is 29.8 Å². The lowest BCUT2D eigenvalue weighted by Crippen LogP contribution is -2.47. The van der Waals surface area contributed by atoms with Crippen molar-refractivity contribution in [2.75, 3.05) is 13.7 Å². The standard InChI is InChI=1S/C27H41NO6/c1-18(2)17-22-21(25(30)34-27(3,4)5)10-8-16-33-20-14-12-19(13-15-20)9-7-11-23(26(31)32-6)28-24(22)29/h12-15,18,21-23H,7-11,16-17H2,1-6H3,(H,28,29)/t21-,22+,23-/m0/s1. The second-order valence-corrected chi connectivity index (χ2v) is 10.5. The van der Waals surface area contributed by atoms with Gasteiger partial charge in [0.1, 0.15) is 17.4 Å². The van der Waals surface area contributed by atoms with Gasteiger partial charge in [-0.25, -0.2) is 4.79 Å². The molecule has 34 heavy (non-hydrogen) atoms. The van der Waals surface area contributed by atoms with Gasteiger partial charge in [0.05, 0.1) is 25.6 Å². The smallest absolute Gasteiger partial charge is 0.328 e. The minimum absolute atomic E-state index is 0.178. The third-order valence-electron chi connectivity index (χ3n) is 5.87. The molecule has 0 radical (unpaired) electrons. The Bertz CT molecular complexity index is 811. The number of nitrogens with one attached hydrogen (secondary N) is 1. The fourth-order valence-electron chi connectivity index (χ4n) is 4.25. The Hall–Kier alpha value is -2.57. The molecule has 0 aromatic heterocycles. The summed E-state index contributed by atoms with van der Waals surface area (Å²) in [7, 11) is 1.32. The molecule has 2 heterocycles. The van der Waals surface area contributed by atoms with Crippen molar-refractivity contribution >= 4 is 17.8 Å². The lowest BCUT2D eigenvalue weighted by molar-refractivity contribution is -0.164. The molecule has 1 aromatic carbocycles. The van der Waals surface area contributed by atoms with Gasteiger partial charge in [0, 0.05) is 0 Å². The summed E-state index contributed by atoms with van der Waals surface area (Å²) in [5.74, 6) is -1.49. The van der Waals surface area contributed by atoms with E-state index in [1.807, 2.05) is 58.9 Å². The number of ether oxygens (including phenoxy) is 3. The number of fused-ring (bicyclic) bond motifs is 13. The molecule has 0 saturated carbocycles. The van der Waals surface area contributed by atoms with E-state index in [0.29, 0.717) is 38.7 Å². The van der Waals surface area contributed by atoms with Crippen molar-refractivity contribution in [3.63, 3.8) is 0 Å². The summed E-state index contributed by atoms with van der Waals surface area (Å²) in [6.07, 6.45) is 3.45. The van der Waals surface area contributed by atoms with Crippen molar-refractivity contribution in [1.82, 2.24) is 5.32 Å². The van der Waals surface area contributed by atoms with Gasteiger partial charge < -0.3 is 19.5 Å². The molecule has 1 N–H and O–H groups in total. The van der Waals surface area contributed by atoms with Gasteiger partial charge in [-0.1, -0.05) is 26.0 Å². The Kier molecular flexibility index (Phi) is 10.4. The molecule has 0 fully saturated rings. The number of rotatable bonds is 4. The van der Waals surface area contributed by atoms with E-state index in [1.165, 1.54) is 7.11 Å². The first-order chi connectivity index (χ1) is 16.0. The zero-order valence-corrected chi connectivity index (χ0v) is 21.5. The Balaban J connectivity index is 2.37. The average Bonchev–Trinajstić information content (AvgIpc) is 2.75. The maximum Gasteiger partial charge on any atom is 0.328 e. The summed E-state index contributed by atoms with van der Waals surface area (Å²) in [6, 6.07) is 7.13. The van der Waals surface area contributed by atoms with Crippen molar-refractivity contribution in [3.8, 4) is 5.75 Å². The molecule has 0 aliphatic carbocycles. The van der Waals surface area contributed by atoms with Gasteiger partial charge in [0.2, 0.25) is 5.91 Å². The Labute approximate surface area is 203 Å². The summed E-state index contributed by atoms with van der Waals surface area (Å²) < 4.78 is 16.5. The zero-order chi connectivity index (χ0) is 25.3. The first-order valence-corrected chi connectivity index (χ1v) is 12.3. The molecular weight excluding hydrogens is 434 g/mol. The predicted molar refractivity (Wildman–Crippen MR) is 130 cm³/mol. The van der Waals surface area contributed by atoms with E-state index >= 15 is 0 Å². The molecule has 2 bridgehead atoms. The lowest BCUT2D eigenvalue weighted by atomic mass is 9.81. The van der Waals surface area contributed by atoms with Gasteiger partial charge >= 0.3 is 11.9 Å². The van der Waals surface area contributed by atoms with E-state index in [2.05, 4.69) is 5.32 Å². The van der Waals surface area contributed by atoms with Crippen LogP contribution in [0.5, 0.6) is 5.75 Å². The summed E-state index contributed by atoms with van der Waals surface area (Å²) in [5.41, 5.74) is 0.468. The van der Waals surface area contributed by atoms with Crippen LogP contribution in [0.3, 0.4) is 0 Å². The van der Waals surface area contributed by atoms with E-state index in [9.17, 15) is 14.4 Å². The highest BCUT2D eigenvalue weighted by Gasteiger charge is 2.38. The minimum Gasteiger partial charge on any atom is -0.494 e. The molecule has 1 amide bonds. The highest BCUT2D eigenvalue weighted by molar-refractivity contribution is 5.89. The van der Waals surface area contributed by atoms with E-state index in [0.717, 1.165) is 17.7 Å². The average molecular weight is 476 g/mol. The summed E-state index contributed by atoms with van der Waals surface area (Å²) in [6.45, 7) is 9.92. The van der Waals surface area contributed by atoms with E-state index < -0.39 is 35.4 Å². The van der Waals surface area contributed by atoms with Crippen LogP contribution in [-0.4, -0.2) is 43.2 Å². The number of esters is 2. The predicted octanol–water partition coefficient (Wildman–Crippen LogP) is 4.46. The van der Waals surface area contributed by atoms with Gasteiger partial charge in [-0.2, -0.15) is 0 Å². The number of carbonyl (C=O) groups is 3. The Morgan fingerprint density at radius 1 is 1.09 bits per heavy atom. The number of carbonyl (C=O) groups excluding carboxylic acids is 3. The van der Waals surface area contributed by atoms with Crippen molar-refractivity contribution in [2.24, 2.45) is 17.8 Å². The van der Waals surface area contributed by atoms with Crippen LogP contribution in [0.15, 0.2) is 24.3 Å². The van der Waals surface area contributed by atoms with Crippen molar-refractivity contribution < 1.29 is 28.6 Å². The molecule has 2 aliphatic rings. The molecule has 190 valence electrons. The molecule has 3 rings (SSSR count). The van der Waals surface area contributed by atoms with Crippen LogP contribution >= 0.6 is 0 Å². The maximum absolute atomic E-state index is 13.5. The maximum atomic E-state index is 13.5. The van der Waals surface area contributed by atoms with E-state index in [4.69, 9.17) is 14.2 Å². The number of amides is 1. The molecule has 7 nitrogen and oxygen atoms in total. The molecule has 3 atom stereocenters. The molecule has 1 aromatic rings.